The van der Waals surface area contributed by atoms with E-state index in [1.54, 1.807) is 6.08 Å². The van der Waals surface area contributed by atoms with Crippen molar-refractivity contribution in [2.75, 3.05) is 40.9 Å². The first-order valence-electron chi connectivity index (χ1n) is 29.8. The Hall–Kier alpha value is -2.06. The highest BCUT2D eigenvalue weighted by Crippen LogP contribution is 2.43. The third kappa shape index (κ3) is 55.5. The molecule has 0 radical (unpaired) electrons. The van der Waals surface area contributed by atoms with Gasteiger partial charge in [0.25, 0.3) is 0 Å². The molecule has 3 atom stereocenters. The second-order valence-electron chi connectivity index (χ2n) is 21.3. The number of aliphatic hydroxyl groups excluding tert-OH is 1. The van der Waals surface area contributed by atoms with Crippen molar-refractivity contribution in [3.8, 4) is 0 Å². The zero-order valence-corrected chi connectivity index (χ0v) is 48.1. The number of hydrogen-bond acceptors (Lipinski definition) is 5. The molecule has 8 nitrogen and oxygen atoms in total. The maximum absolute atomic E-state index is 13.0. The maximum Gasteiger partial charge on any atom is 0.472 e. The monoisotopic (exact) mass is 1020 g/mol. The summed E-state index contributed by atoms with van der Waals surface area (Å²) in [4.78, 5) is 23.3. The smallest absolute Gasteiger partial charge is 0.387 e. The third-order valence-corrected chi connectivity index (χ3v) is 14.1. The molecule has 3 N–H and O–H groups in total. The van der Waals surface area contributed by atoms with E-state index in [0.29, 0.717) is 17.4 Å². The SMILES string of the molecule is CC/C=C\C/C=C\C/C=C\C/C=C\CCCCCCCCCCCCCCCCCCCCCCCCC(=O)NC(COP(=O)(O)OCC[N+](C)(C)C)C(O)/C=C/CC/C=C/CCCCCCCCCC. The molecule has 0 fully saturated rings. The molecule has 0 saturated heterocycles. The Morgan fingerprint density at radius 2 is 0.859 bits per heavy atom. The predicted molar refractivity (Wildman–Crippen MR) is 309 cm³/mol. The number of carbonyl (C=O) groups is 1. The standard InChI is InChI=1S/C62H115N2O6P/c1-6-8-10-12-14-16-18-20-22-23-24-25-26-27-28-29-30-31-32-33-34-35-36-37-38-39-40-41-42-44-46-48-50-52-54-56-62(66)63-60(59-70-71(67,68)69-58-57-64(3,4)5)61(65)55-53-51-49-47-45-43-21-19-17-15-13-11-9-7-2/h8,10,14,16,20,22,24-25,45,47,53,55,60-61,65H,6-7,9,11-13,15,17-19,21,23,26-44,46,48-52,54,56-59H2,1-5H3,(H-,63,66,67,68)/p+1/b10-8-,16-14-,22-20-,25-24-,47-45+,55-53+. The van der Waals surface area contributed by atoms with Gasteiger partial charge >= 0.3 is 7.82 Å². The molecule has 1 amide bonds. The second kappa shape index (κ2) is 52.8. The molecule has 3 unspecified atom stereocenters. The van der Waals surface area contributed by atoms with E-state index in [2.05, 4.69) is 79.9 Å². The predicted octanol–water partition coefficient (Wildman–Crippen LogP) is 18.3. The Labute approximate surface area is 440 Å². The first kappa shape index (κ1) is 68.9. The average Bonchev–Trinajstić information content (AvgIpc) is 3.33. The number of amides is 1. The molecule has 71 heavy (non-hydrogen) atoms. The van der Waals surface area contributed by atoms with Gasteiger partial charge < -0.3 is 19.8 Å². The third-order valence-electron chi connectivity index (χ3n) is 13.2. The Balaban J connectivity index is 4.00. The highest BCUT2D eigenvalue weighted by atomic mass is 31.2. The van der Waals surface area contributed by atoms with Crippen LogP contribution in [0.1, 0.15) is 264 Å². The molecule has 9 heteroatoms. The molecule has 0 aliphatic carbocycles. The van der Waals surface area contributed by atoms with Gasteiger partial charge in [-0.1, -0.05) is 260 Å². The Morgan fingerprint density at radius 1 is 0.493 bits per heavy atom. The van der Waals surface area contributed by atoms with E-state index in [0.717, 1.165) is 64.2 Å². The molecular weight excluding hydrogens is 900 g/mol. The highest BCUT2D eigenvalue weighted by Gasteiger charge is 2.27. The van der Waals surface area contributed by atoms with Crippen LogP contribution in [0.15, 0.2) is 72.9 Å². The van der Waals surface area contributed by atoms with Crippen molar-refractivity contribution in [1.82, 2.24) is 5.32 Å². The molecule has 0 aliphatic heterocycles. The number of carbonyl (C=O) groups excluding carboxylic acids is 1. The Bertz CT molecular complexity index is 1380. The molecule has 0 rings (SSSR count). The van der Waals surface area contributed by atoms with Crippen LogP contribution >= 0.6 is 7.82 Å². The summed E-state index contributed by atoms with van der Waals surface area (Å²) in [5.74, 6) is -0.185. The normalized spacial score (nSPS) is 14.4. The van der Waals surface area contributed by atoms with Crippen LogP contribution in [-0.4, -0.2) is 73.4 Å². The second-order valence-corrected chi connectivity index (χ2v) is 22.8. The molecule has 0 saturated carbocycles. The van der Waals surface area contributed by atoms with Crippen molar-refractivity contribution in [2.24, 2.45) is 0 Å². The van der Waals surface area contributed by atoms with Gasteiger partial charge in [0, 0.05) is 6.42 Å². The van der Waals surface area contributed by atoms with Gasteiger partial charge in [-0.15, -0.1) is 0 Å². The quantitative estimate of drug-likeness (QED) is 0.0243. The summed E-state index contributed by atoms with van der Waals surface area (Å²) in [5, 5.41) is 13.9. The number of likely N-dealkylation sites (N-methyl/N-ethyl adjacent to an activating group) is 1. The fraction of sp³-hybridized carbons (Fsp3) is 0.790. The lowest BCUT2D eigenvalue weighted by Gasteiger charge is -2.25. The number of nitrogens with zero attached hydrogens (tertiary/aromatic N) is 1. The van der Waals surface area contributed by atoms with E-state index >= 15 is 0 Å². The zero-order chi connectivity index (χ0) is 52.0. The van der Waals surface area contributed by atoms with Crippen molar-refractivity contribution in [2.45, 2.75) is 276 Å². The number of quaternary nitrogens is 1. The van der Waals surface area contributed by atoms with Crippen LogP contribution in [-0.2, 0) is 18.4 Å². The minimum Gasteiger partial charge on any atom is -0.387 e. The first-order valence-corrected chi connectivity index (χ1v) is 31.3. The maximum atomic E-state index is 13.0. The molecule has 0 spiro atoms. The molecule has 0 aromatic heterocycles. The van der Waals surface area contributed by atoms with Crippen LogP contribution in [0.3, 0.4) is 0 Å². The molecule has 0 aromatic rings. The van der Waals surface area contributed by atoms with Crippen LogP contribution in [0.4, 0.5) is 0 Å². The van der Waals surface area contributed by atoms with E-state index in [-0.39, 0.29) is 19.1 Å². The fourth-order valence-electron chi connectivity index (χ4n) is 8.52. The number of phosphoric ester groups is 1. The molecule has 0 aliphatic rings. The van der Waals surface area contributed by atoms with Gasteiger partial charge in [0.05, 0.1) is 39.9 Å². The van der Waals surface area contributed by atoms with Crippen molar-refractivity contribution in [3.05, 3.63) is 72.9 Å². The van der Waals surface area contributed by atoms with Crippen molar-refractivity contribution in [1.29, 1.82) is 0 Å². The minimum atomic E-state index is -4.35. The summed E-state index contributed by atoms with van der Waals surface area (Å²) in [7, 11) is 1.56. The lowest BCUT2D eigenvalue weighted by Crippen LogP contribution is -2.45. The number of unbranched alkanes of at least 4 members (excludes halogenated alkanes) is 31. The van der Waals surface area contributed by atoms with E-state index < -0.39 is 20.0 Å². The summed E-state index contributed by atoms with van der Waals surface area (Å²) in [5.41, 5.74) is 0. The van der Waals surface area contributed by atoms with E-state index in [1.807, 2.05) is 27.2 Å². The summed E-state index contributed by atoms with van der Waals surface area (Å²) in [6.45, 7) is 4.69. The fourth-order valence-corrected chi connectivity index (χ4v) is 9.26. The Kier molecular flexibility index (Phi) is 51.3. The van der Waals surface area contributed by atoms with Crippen molar-refractivity contribution < 1.29 is 32.9 Å². The lowest BCUT2D eigenvalue weighted by atomic mass is 10.0. The average molecular weight is 1020 g/mol. The number of hydrogen-bond donors (Lipinski definition) is 3. The van der Waals surface area contributed by atoms with Gasteiger partial charge in [-0.2, -0.15) is 0 Å². The van der Waals surface area contributed by atoms with Crippen LogP contribution in [0, 0.1) is 0 Å². The van der Waals surface area contributed by atoms with Gasteiger partial charge in [0.15, 0.2) is 0 Å². The van der Waals surface area contributed by atoms with Crippen molar-refractivity contribution in [3.63, 3.8) is 0 Å². The highest BCUT2D eigenvalue weighted by molar-refractivity contribution is 7.47. The number of allylic oxidation sites excluding steroid dienone is 11. The number of aliphatic hydroxyl groups is 1. The van der Waals surface area contributed by atoms with Crippen LogP contribution in [0.5, 0.6) is 0 Å². The van der Waals surface area contributed by atoms with E-state index in [9.17, 15) is 19.4 Å². The number of phosphoric acid groups is 1. The molecule has 0 aromatic carbocycles. The van der Waals surface area contributed by atoms with Gasteiger partial charge in [0.1, 0.15) is 13.2 Å². The zero-order valence-electron chi connectivity index (χ0n) is 47.2. The summed E-state index contributed by atoms with van der Waals surface area (Å²) >= 11 is 0. The van der Waals surface area contributed by atoms with Crippen LogP contribution in [0.25, 0.3) is 0 Å². The summed E-state index contributed by atoms with van der Waals surface area (Å²) < 4.78 is 23.7. The minimum absolute atomic E-state index is 0.0558. The van der Waals surface area contributed by atoms with Crippen LogP contribution in [0.2, 0.25) is 0 Å². The van der Waals surface area contributed by atoms with Crippen molar-refractivity contribution >= 4 is 13.7 Å². The Morgan fingerprint density at radius 3 is 1.30 bits per heavy atom. The van der Waals surface area contributed by atoms with Gasteiger partial charge in [-0.25, -0.2) is 4.57 Å². The molecule has 0 bridgehead atoms. The summed E-state index contributed by atoms with van der Waals surface area (Å²) in [6.07, 6.45) is 73.1. The number of nitrogens with one attached hydrogen (secondary N) is 1. The number of rotatable bonds is 54. The molecule has 414 valence electrons. The lowest BCUT2D eigenvalue weighted by molar-refractivity contribution is -0.870. The molecule has 0 heterocycles. The molecular formula is C62H116N2O6P+. The van der Waals surface area contributed by atoms with E-state index in [1.165, 1.54) is 180 Å². The summed E-state index contributed by atoms with van der Waals surface area (Å²) in [6, 6.07) is -0.863. The first-order chi connectivity index (χ1) is 34.5. The topological polar surface area (TPSA) is 105 Å². The van der Waals surface area contributed by atoms with E-state index in [4.69, 9.17) is 9.05 Å². The van der Waals surface area contributed by atoms with Crippen LogP contribution < -0.4 is 5.32 Å². The van der Waals surface area contributed by atoms with Gasteiger partial charge in [0.2, 0.25) is 5.91 Å². The largest absolute Gasteiger partial charge is 0.472 e. The van der Waals surface area contributed by atoms with Gasteiger partial charge in [-0.05, 0) is 70.6 Å². The van der Waals surface area contributed by atoms with Gasteiger partial charge in [-0.3, -0.25) is 13.8 Å².